The Morgan fingerprint density at radius 1 is 1.18 bits per heavy atom. The Labute approximate surface area is 192 Å². The van der Waals surface area contributed by atoms with Gasteiger partial charge in [-0.05, 0) is 56.1 Å². The summed E-state index contributed by atoms with van der Waals surface area (Å²) in [5.41, 5.74) is -1.92. The van der Waals surface area contributed by atoms with Crippen molar-refractivity contribution in [3.05, 3.63) is 23.8 Å². The summed E-state index contributed by atoms with van der Waals surface area (Å²) in [7, 11) is 0. The second kappa shape index (κ2) is 8.17. The highest BCUT2D eigenvalue weighted by atomic mass is 16.6. The molecule has 3 N–H and O–H groups in total. The van der Waals surface area contributed by atoms with Gasteiger partial charge in [0.2, 0.25) is 5.78 Å². The fraction of sp³-hybridized carbons (Fsp3) is 0.680. The maximum Gasteiger partial charge on any atom is 0.307 e. The van der Waals surface area contributed by atoms with Gasteiger partial charge in [-0.1, -0.05) is 25.5 Å². The van der Waals surface area contributed by atoms with Gasteiger partial charge < -0.3 is 20.1 Å². The van der Waals surface area contributed by atoms with Crippen LogP contribution < -0.4 is 0 Å². The van der Waals surface area contributed by atoms with E-state index in [-0.39, 0.29) is 42.8 Å². The van der Waals surface area contributed by atoms with Crippen LogP contribution >= 0.6 is 0 Å². The van der Waals surface area contributed by atoms with Crippen LogP contribution in [0.25, 0.3) is 0 Å². The van der Waals surface area contributed by atoms with Crippen molar-refractivity contribution in [1.29, 1.82) is 0 Å². The Bertz CT molecular complexity index is 950. The number of rotatable bonds is 6. The van der Waals surface area contributed by atoms with Gasteiger partial charge in [0, 0.05) is 16.7 Å². The van der Waals surface area contributed by atoms with E-state index >= 15 is 0 Å². The molecule has 3 fully saturated rings. The van der Waals surface area contributed by atoms with E-state index in [1.54, 1.807) is 12.2 Å². The number of carbonyl (C=O) groups excluding carboxylic acids is 3. The predicted molar refractivity (Wildman–Crippen MR) is 116 cm³/mol. The van der Waals surface area contributed by atoms with Crippen LogP contribution in [0.4, 0.5) is 0 Å². The second-order valence-corrected chi connectivity index (χ2v) is 10.5. The van der Waals surface area contributed by atoms with Gasteiger partial charge in [-0.25, -0.2) is 0 Å². The standard InChI is InChI=1S/C25H32O8/c1-23-9-7-15(27)11-14(23)3-4-16-17-8-10-25(19(29)13-26,33-21(32)6-5-20(30)31)24(17,2)12-18(28)22(16)23/h7,9,11,16-18,22,26,28H,3-6,8,10,12-13H2,1-2H3,(H,30,31)/t16-,17-,18-,22+,23-,24-,25-/m0/s1. The molecule has 0 aromatic rings. The second-order valence-electron chi connectivity index (χ2n) is 10.5. The van der Waals surface area contributed by atoms with Crippen LogP contribution in [-0.4, -0.2) is 57.1 Å². The number of aliphatic hydroxyl groups excluding tert-OH is 2. The highest BCUT2D eigenvalue weighted by molar-refractivity contribution is 6.01. The number of Topliss-reactive ketones (excluding diaryl/α,β-unsaturated/α-hetero) is 1. The molecule has 0 aromatic heterocycles. The summed E-state index contributed by atoms with van der Waals surface area (Å²) < 4.78 is 5.76. The Balaban J connectivity index is 1.69. The summed E-state index contributed by atoms with van der Waals surface area (Å²) in [6.45, 7) is 3.11. The molecule has 4 aliphatic rings. The zero-order valence-corrected chi connectivity index (χ0v) is 19.1. The first-order chi connectivity index (χ1) is 15.5. The van der Waals surface area contributed by atoms with Crippen LogP contribution in [-0.2, 0) is 23.9 Å². The lowest BCUT2D eigenvalue weighted by atomic mass is 9.46. The molecule has 0 aromatic carbocycles. The number of aliphatic carboxylic acids is 1. The third-order valence-corrected chi connectivity index (χ3v) is 9.04. The number of aliphatic hydroxyl groups is 2. The Morgan fingerprint density at radius 3 is 2.58 bits per heavy atom. The Hall–Kier alpha value is -2.32. The number of carbonyl (C=O) groups is 4. The van der Waals surface area contributed by atoms with E-state index in [9.17, 15) is 29.4 Å². The van der Waals surface area contributed by atoms with Gasteiger partial charge in [0.25, 0.3) is 0 Å². The van der Waals surface area contributed by atoms with Gasteiger partial charge in [-0.2, -0.15) is 0 Å². The van der Waals surface area contributed by atoms with E-state index in [1.807, 2.05) is 13.0 Å². The summed E-state index contributed by atoms with van der Waals surface area (Å²) in [4.78, 5) is 48.5. The number of allylic oxidation sites excluding steroid dienone is 4. The molecule has 0 radical (unpaired) electrons. The van der Waals surface area contributed by atoms with Crippen molar-refractivity contribution in [3.63, 3.8) is 0 Å². The number of ketones is 2. The number of esters is 1. The lowest BCUT2D eigenvalue weighted by molar-refractivity contribution is -0.200. The van der Waals surface area contributed by atoms with Crippen LogP contribution in [0.2, 0.25) is 0 Å². The maximum absolute atomic E-state index is 13.1. The minimum absolute atomic E-state index is 0.0296. The number of hydrogen-bond donors (Lipinski definition) is 3. The summed E-state index contributed by atoms with van der Waals surface area (Å²) in [6.07, 6.45) is 6.07. The fourth-order valence-electron chi connectivity index (χ4n) is 7.58. The lowest BCUT2D eigenvalue weighted by Gasteiger charge is -2.59. The molecular formula is C25H32O8. The molecule has 8 heteroatoms. The topological polar surface area (TPSA) is 138 Å². The number of ether oxygens (including phenoxy) is 1. The molecule has 0 aliphatic heterocycles. The highest BCUT2D eigenvalue weighted by Gasteiger charge is 2.70. The molecule has 4 rings (SSSR count). The van der Waals surface area contributed by atoms with Crippen molar-refractivity contribution in [3.8, 4) is 0 Å². The minimum atomic E-state index is -1.59. The van der Waals surface area contributed by atoms with Gasteiger partial charge in [-0.15, -0.1) is 0 Å². The van der Waals surface area contributed by atoms with Crippen molar-refractivity contribution in [1.82, 2.24) is 0 Å². The molecular weight excluding hydrogens is 428 g/mol. The summed E-state index contributed by atoms with van der Waals surface area (Å²) in [5, 5.41) is 30.1. The zero-order chi connectivity index (χ0) is 24.2. The Morgan fingerprint density at radius 2 is 1.91 bits per heavy atom. The molecule has 8 nitrogen and oxygen atoms in total. The van der Waals surface area contributed by atoms with Gasteiger partial charge in [-0.3, -0.25) is 19.2 Å². The van der Waals surface area contributed by atoms with Crippen molar-refractivity contribution in [2.75, 3.05) is 6.61 Å². The molecule has 0 unspecified atom stereocenters. The molecule has 0 spiro atoms. The van der Waals surface area contributed by atoms with Crippen LogP contribution in [0.15, 0.2) is 23.8 Å². The Kier molecular flexibility index (Phi) is 5.90. The van der Waals surface area contributed by atoms with E-state index in [0.717, 1.165) is 12.0 Å². The first kappa shape index (κ1) is 23.8. The monoisotopic (exact) mass is 460 g/mol. The third-order valence-electron chi connectivity index (χ3n) is 9.04. The smallest absolute Gasteiger partial charge is 0.307 e. The molecule has 33 heavy (non-hydrogen) atoms. The van der Waals surface area contributed by atoms with Crippen molar-refractivity contribution < 1.29 is 39.2 Å². The molecule has 3 saturated carbocycles. The van der Waals surface area contributed by atoms with Crippen LogP contribution in [0, 0.1) is 28.6 Å². The van der Waals surface area contributed by atoms with Gasteiger partial charge in [0.1, 0.15) is 6.61 Å². The van der Waals surface area contributed by atoms with E-state index in [2.05, 4.69) is 6.92 Å². The summed E-state index contributed by atoms with van der Waals surface area (Å²) in [6, 6.07) is 0. The fourth-order valence-corrected chi connectivity index (χ4v) is 7.58. The maximum atomic E-state index is 13.1. The normalized spacial score (nSPS) is 41.5. The largest absolute Gasteiger partial charge is 0.481 e. The van der Waals surface area contributed by atoms with Crippen molar-refractivity contribution in [2.45, 2.75) is 70.5 Å². The molecule has 0 heterocycles. The molecule has 7 atom stereocenters. The zero-order valence-electron chi connectivity index (χ0n) is 19.1. The molecule has 4 aliphatic carbocycles. The first-order valence-corrected chi connectivity index (χ1v) is 11.7. The third kappa shape index (κ3) is 3.49. The number of hydrogen-bond acceptors (Lipinski definition) is 7. The SMILES string of the molecule is C[C@]12C=CC(=O)C=C1CC[C@@H]1[C@@H]2[C@@H](O)C[C@@]2(C)[C@H]1CC[C@]2(OC(=O)CCC(=O)O)C(=O)CO. The molecule has 0 saturated heterocycles. The minimum Gasteiger partial charge on any atom is -0.481 e. The van der Waals surface area contributed by atoms with Gasteiger partial charge in [0.05, 0.1) is 18.9 Å². The average molecular weight is 461 g/mol. The lowest BCUT2D eigenvalue weighted by Crippen LogP contribution is -2.63. The van der Waals surface area contributed by atoms with Crippen molar-refractivity contribution in [2.24, 2.45) is 28.6 Å². The van der Waals surface area contributed by atoms with E-state index < -0.39 is 53.3 Å². The van der Waals surface area contributed by atoms with Crippen molar-refractivity contribution >= 4 is 23.5 Å². The summed E-state index contributed by atoms with van der Waals surface area (Å²) in [5.74, 6) is -2.69. The first-order valence-electron chi connectivity index (χ1n) is 11.7. The van der Waals surface area contributed by atoms with Crippen LogP contribution in [0.3, 0.4) is 0 Å². The van der Waals surface area contributed by atoms with Gasteiger partial charge >= 0.3 is 11.9 Å². The van der Waals surface area contributed by atoms with E-state index in [4.69, 9.17) is 9.84 Å². The number of fused-ring (bicyclic) bond motifs is 5. The van der Waals surface area contributed by atoms with E-state index in [0.29, 0.717) is 12.8 Å². The van der Waals surface area contributed by atoms with Gasteiger partial charge in [0.15, 0.2) is 11.4 Å². The number of carboxylic acids is 1. The number of carboxylic acid groups (broad SMARTS) is 1. The molecule has 0 bridgehead atoms. The van der Waals surface area contributed by atoms with E-state index in [1.165, 1.54) is 0 Å². The van der Waals surface area contributed by atoms with Crippen LogP contribution in [0.1, 0.15) is 58.8 Å². The quantitative estimate of drug-likeness (QED) is 0.512. The molecule has 180 valence electrons. The van der Waals surface area contributed by atoms with Crippen LogP contribution in [0.5, 0.6) is 0 Å². The average Bonchev–Trinajstić information content (AvgIpc) is 3.04. The molecule has 0 amide bonds. The predicted octanol–water partition coefficient (Wildman–Crippen LogP) is 1.97. The highest BCUT2D eigenvalue weighted by Crippen LogP contribution is 2.67. The summed E-state index contributed by atoms with van der Waals surface area (Å²) >= 11 is 0.